The van der Waals surface area contributed by atoms with Crippen molar-refractivity contribution in [2.45, 2.75) is 39.9 Å². The van der Waals surface area contributed by atoms with Crippen molar-refractivity contribution in [2.24, 2.45) is 5.10 Å². The highest BCUT2D eigenvalue weighted by Gasteiger charge is 2.39. The van der Waals surface area contributed by atoms with E-state index in [9.17, 15) is 14.9 Å². The van der Waals surface area contributed by atoms with Gasteiger partial charge in [-0.15, -0.1) is 0 Å². The number of ether oxygens (including phenoxy) is 2. The van der Waals surface area contributed by atoms with Crippen molar-refractivity contribution in [3.05, 3.63) is 99.6 Å². The Kier molecular flexibility index (Phi) is 8.70. The zero-order valence-corrected chi connectivity index (χ0v) is 21.9. The summed E-state index contributed by atoms with van der Waals surface area (Å²) in [6, 6.07) is 21.9. The van der Waals surface area contributed by atoms with Crippen molar-refractivity contribution in [3.63, 3.8) is 0 Å². The second kappa shape index (κ2) is 12.3. The predicted molar refractivity (Wildman–Crippen MR) is 145 cm³/mol. The number of carbonyl (C=O) groups is 1. The molecule has 1 aliphatic rings. The summed E-state index contributed by atoms with van der Waals surface area (Å²) in [7, 11) is 0. The Morgan fingerprint density at radius 2 is 1.76 bits per heavy atom. The number of nitrogens with zero attached hydrogens (tertiary/aromatic N) is 4. The molecule has 1 amide bonds. The van der Waals surface area contributed by atoms with Crippen LogP contribution < -0.4 is 9.47 Å². The number of amides is 1. The second-order valence-electron chi connectivity index (χ2n) is 8.98. The SMILES string of the molecule is CCCOc1ccc([C@@H]2N(Cc3ccccc3)CC(=O)N2/N=C(/C)c2ccc([N+](=O)[O-])cc2)cc1OCC. The highest BCUT2D eigenvalue weighted by Crippen LogP contribution is 2.38. The lowest BCUT2D eigenvalue weighted by atomic mass is 10.1. The van der Waals surface area contributed by atoms with Crippen LogP contribution in [-0.2, 0) is 11.3 Å². The number of nitro groups is 1. The Bertz CT molecular complexity index is 1290. The summed E-state index contributed by atoms with van der Waals surface area (Å²) in [5.74, 6) is 1.14. The van der Waals surface area contributed by atoms with E-state index in [-0.39, 0.29) is 18.1 Å². The molecule has 1 aliphatic heterocycles. The van der Waals surface area contributed by atoms with Crippen LogP contribution in [0.2, 0.25) is 0 Å². The number of carbonyl (C=O) groups excluding carboxylic acids is 1. The number of hydrogen-bond donors (Lipinski definition) is 0. The Morgan fingerprint density at radius 3 is 2.42 bits per heavy atom. The Morgan fingerprint density at radius 1 is 1.03 bits per heavy atom. The van der Waals surface area contributed by atoms with Crippen LogP contribution >= 0.6 is 0 Å². The highest BCUT2D eigenvalue weighted by molar-refractivity contribution is 5.99. The molecule has 0 radical (unpaired) electrons. The van der Waals surface area contributed by atoms with Crippen LogP contribution in [0.25, 0.3) is 0 Å². The molecule has 1 fully saturated rings. The summed E-state index contributed by atoms with van der Waals surface area (Å²) in [6.07, 6.45) is 0.398. The van der Waals surface area contributed by atoms with E-state index in [1.54, 1.807) is 19.1 Å². The van der Waals surface area contributed by atoms with Gasteiger partial charge in [-0.05, 0) is 61.2 Å². The maximum absolute atomic E-state index is 13.3. The molecular weight excluding hydrogens is 484 g/mol. The molecule has 0 N–H and O–H groups in total. The quantitative estimate of drug-likeness (QED) is 0.188. The minimum atomic E-state index is -0.477. The molecule has 0 bridgehead atoms. The van der Waals surface area contributed by atoms with Crippen molar-refractivity contribution in [3.8, 4) is 11.5 Å². The van der Waals surface area contributed by atoms with E-state index in [0.29, 0.717) is 42.5 Å². The molecule has 4 rings (SSSR count). The number of rotatable bonds is 11. The van der Waals surface area contributed by atoms with Crippen LogP contribution in [0.4, 0.5) is 5.69 Å². The molecule has 3 aromatic carbocycles. The third-order valence-corrected chi connectivity index (χ3v) is 6.18. The second-order valence-corrected chi connectivity index (χ2v) is 8.98. The van der Waals surface area contributed by atoms with E-state index in [2.05, 4.69) is 4.90 Å². The van der Waals surface area contributed by atoms with Gasteiger partial charge in [-0.2, -0.15) is 5.10 Å². The van der Waals surface area contributed by atoms with Crippen LogP contribution in [0.3, 0.4) is 0 Å². The maximum atomic E-state index is 13.3. The fourth-order valence-corrected chi connectivity index (χ4v) is 4.38. The van der Waals surface area contributed by atoms with Crippen LogP contribution in [0, 0.1) is 10.1 Å². The normalized spacial score (nSPS) is 16.1. The molecule has 9 heteroatoms. The van der Waals surface area contributed by atoms with E-state index >= 15 is 0 Å². The van der Waals surface area contributed by atoms with Crippen LogP contribution in [0.15, 0.2) is 77.9 Å². The van der Waals surface area contributed by atoms with Gasteiger partial charge < -0.3 is 9.47 Å². The summed E-state index contributed by atoms with van der Waals surface area (Å²) < 4.78 is 11.8. The molecule has 1 saturated heterocycles. The Labute approximate surface area is 222 Å². The van der Waals surface area contributed by atoms with Gasteiger partial charge in [-0.25, -0.2) is 5.01 Å². The average molecular weight is 517 g/mol. The van der Waals surface area contributed by atoms with Gasteiger partial charge in [-0.3, -0.25) is 19.8 Å². The van der Waals surface area contributed by atoms with Gasteiger partial charge in [0.05, 0.1) is 30.4 Å². The summed E-state index contributed by atoms with van der Waals surface area (Å²) in [5, 5.41) is 17.3. The largest absolute Gasteiger partial charge is 0.490 e. The predicted octanol–water partition coefficient (Wildman–Crippen LogP) is 5.55. The van der Waals surface area contributed by atoms with E-state index < -0.39 is 11.1 Å². The van der Waals surface area contributed by atoms with Crippen LogP contribution in [0.1, 0.15) is 50.0 Å². The molecule has 0 aromatic heterocycles. The fourth-order valence-electron chi connectivity index (χ4n) is 4.38. The van der Waals surface area contributed by atoms with E-state index in [0.717, 1.165) is 17.5 Å². The van der Waals surface area contributed by atoms with Gasteiger partial charge in [0.2, 0.25) is 0 Å². The first-order chi connectivity index (χ1) is 18.4. The van der Waals surface area contributed by atoms with Crippen LogP contribution in [0.5, 0.6) is 11.5 Å². The Balaban J connectivity index is 1.72. The standard InChI is InChI=1S/C29H32N4O5/c1-4-17-38-26-16-13-24(18-27(26)37-5-2)29-31(19-22-9-7-6-8-10-22)20-28(34)32(29)30-21(3)23-11-14-25(15-12-23)33(35)36/h6-16,18,29H,4-5,17,19-20H2,1-3H3/b30-21-/t29-/m1/s1. The molecule has 9 nitrogen and oxygen atoms in total. The zero-order chi connectivity index (χ0) is 27.1. The number of hydrazone groups is 1. The topological polar surface area (TPSA) is 97.5 Å². The third-order valence-electron chi connectivity index (χ3n) is 6.18. The van der Waals surface area contributed by atoms with E-state index in [4.69, 9.17) is 14.6 Å². The van der Waals surface area contributed by atoms with Gasteiger partial charge in [0.15, 0.2) is 11.5 Å². The minimum Gasteiger partial charge on any atom is -0.490 e. The Hall–Kier alpha value is -4.24. The number of nitro benzene ring substituents is 1. The average Bonchev–Trinajstić information content (AvgIpc) is 3.22. The lowest BCUT2D eigenvalue weighted by Gasteiger charge is -2.28. The molecule has 0 aliphatic carbocycles. The highest BCUT2D eigenvalue weighted by atomic mass is 16.6. The van der Waals surface area contributed by atoms with Crippen molar-refractivity contribution >= 4 is 17.3 Å². The summed E-state index contributed by atoms with van der Waals surface area (Å²) in [5.41, 5.74) is 3.20. The van der Waals surface area contributed by atoms with Crippen LogP contribution in [-0.4, -0.2) is 46.2 Å². The van der Waals surface area contributed by atoms with E-state index in [1.165, 1.54) is 17.1 Å². The van der Waals surface area contributed by atoms with Crippen molar-refractivity contribution in [1.29, 1.82) is 0 Å². The smallest absolute Gasteiger partial charge is 0.269 e. The summed E-state index contributed by atoms with van der Waals surface area (Å²) in [4.78, 5) is 26.0. The lowest BCUT2D eigenvalue weighted by molar-refractivity contribution is -0.384. The third kappa shape index (κ3) is 6.18. The lowest BCUT2D eigenvalue weighted by Crippen LogP contribution is -2.29. The van der Waals surface area contributed by atoms with Gasteiger partial charge in [0.25, 0.3) is 11.6 Å². The van der Waals surface area contributed by atoms with Crippen molar-refractivity contribution < 1.29 is 19.2 Å². The summed E-state index contributed by atoms with van der Waals surface area (Å²) in [6.45, 7) is 7.55. The molecule has 3 aromatic rings. The zero-order valence-electron chi connectivity index (χ0n) is 21.9. The van der Waals surface area contributed by atoms with Gasteiger partial charge in [0.1, 0.15) is 6.17 Å². The number of non-ortho nitro benzene ring substituents is 1. The molecular formula is C29H32N4O5. The minimum absolute atomic E-state index is 0.000420. The maximum Gasteiger partial charge on any atom is 0.269 e. The van der Waals surface area contributed by atoms with Gasteiger partial charge in [0, 0.05) is 18.7 Å². The number of hydrogen-bond acceptors (Lipinski definition) is 7. The van der Waals surface area contributed by atoms with Gasteiger partial charge >= 0.3 is 0 Å². The first kappa shape index (κ1) is 26.8. The molecule has 0 spiro atoms. The molecule has 1 atom stereocenters. The fraction of sp³-hybridized carbons (Fsp3) is 0.310. The molecule has 0 saturated carbocycles. The molecule has 0 unspecified atom stereocenters. The van der Waals surface area contributed by atoms with Crippen molar-refractivity contribution in [2.75, 3.05) is 19.8 Å². The summed E-state index contributed by atoms with van der Waals surface area (Å²) >= 11 is 0. The van der Waals surface area contributed by atoms with Crippen molar-refractivity contribution in [1.82, 2.24) is 9.91 Å². The monoisotopic (exact) mass is 516 g/mol. The number of benzene rings is 3. The first-order valence-corrected chi connectivity index (χ1v) is 12.7. The van der Waals surface area contributed by atoms with Gasteiger partial charge in [-0.1, -0.05) is 43.3 Å². The molecule has 38 heavy (non-hydrogen) atoms. The molecule has 198 valence electrons. The first-order valence-electron chi connectivity index (χ1n) is 12.7. The van der Waals surface area contributed by atoms with E-state index in [1.807, 2.05) is 62.4 Å². The molecule has 1 heterocycles.